The minimum atomic E-state index is -0.858. The highest BCUT2D eigenvalue weighted by Gasteiger charge is 2.55. The fraction of sp³-hybridized carbons (Fsp3) is 0.846. The number of hydrogen-bond donors (Lipinski definition) is 1. The maximum atomic E-state index is 12.4. The molecule has 3 saturated heterocycles. The third-order valence-corrected chi connectivity index (χ3v) is 4.54. The van der Waals surface area contributed by atoms with Gasteiger partial charge in [-0.05, 0) is 6.42 Å². The van der Waals surface area contributed by atoms with Gasteiger partial charge >= 0.3 is 5.97 Å². The molecule has 3 fully saturated rings. The topological polar surface area (TPSA) is 85.3 Å². The first kappa shape index (κ1) is 13.8. The molecule has 7 nitrogen and oxygen atoms in total. The van der Waals surface area contributed by atoms with Crippen molar-refractivity contribution in [3.05, 3.63) is 0 Å². The standard InChI is InChI=1S/C13H19NO6/c15-11(10-7-19-3-4-20-10)14-5-9-6-18-2-1-13(9,8-14)12(16)17/h9-10H,1-8H2,(H,16,17)/t9-,10?,13+/m0/s1. The molecule has 0 aromatic rings. The first-order chi connectivity index (χ1) is 9.63. The predicted molar refractivity (Wildman–Crippen MR) is 66.1 cm³/mol. The molecule has 0 aromatic heterocycles. The lowest BCUT2D eigenvalue weighted by Gasteiger charge is -2.34. The number of carboxylic acids is 1. The lowest BCUT2D eigenvalue weighted by atomic mass is 9.74. The van der Waals surface area contributed by atoms with E-state index in [1.807, 2.05) is 0 Å². The zero-order valence-electron chi connectivity index (χ0n) is 11.2. The van der Waals surface area contributed by atoms with Crippen LogP contribution in [0.4, 0.5) is 0 Å². The van der Waals surface area contributed by atoms with Crippen LogP contribution in [0.2, 0.25) is 0 Å². The summed E-state index contributed by atoms with van der Waals surface area (Å²) < 4.78 is 16.0. The molecule has 1 N–H and O–H groups in total. The molecule has 0 bridgehead atoms. The highest BCUT2D eigenvalue weighted by Crippen LogP contribution is 2.42. The van der Waals surface area contributed by atoms with Gasteiger partial charge in [0.05, 0.1) is 31.8 Å². The molecule has 3 atom stereocenters. The Morgan fingerprint density at radius 1 is 1.15 bits per heavy atom. The zero-order chi connectivity index (χ0) is 14.2. The van der Waals surface area contributed by atoms with Crippen molar-refractivity contribution < 1.29 is 28.9 Å². The number of ether oxygens (including phenoxy) is 3. The van der Waals surface area contributed by atoms with Crippen molar-refractivity contribution in [3.63, 3.8) is 0 Å². The number of amides is 1. The summed E-state index contributed by atoms with van der Waals surface area (Å²) in [6, 6.07) is 0. The van der Waals surface area contributed by atoms with Crippen molar-refractivity contribution in [2.24, 2.45) is 11.3 Å². The number of rotatable bonds is 2. The van der Waals surface area contributed by atoms with E-state index in [9.17, 15) is 14.7 Å². The van der Waals surface area contributed by atoms with E-state index in [0.717, 1.165) is 0 Å². The lowest BCUT2D eigenvalue weighted by Crippen LogP contribution is -2.47. The summed E-state index contributed by atoms with van der Waals surface area (Å²) in [5.74, 6) is -1.14. The van der Waals surface area contributed by atoms with Gasteiger partial charge in [-0.2, -0.15) is 0 Å². The average molecular weight is 285 g/mol. The molecule has 20 heavy (non-hydrogen) atoms. The summed E-state index contributed by atoms with van der Waals surface area (Å²) in [4.78, 5) is 25.7. The van der Waals surface area contributed by atoms with Gasteiger partial charge in [-0.1, -0.05) is 0 Å². The van der Waals surface area contributed by atoms with E-state index < -0.39 is 17.5 Å². The van der Waals surface area contributed by atoms with E-state index in [-0.39, 0.29) is 25.0 Å². The summed E-state index contributed by atoms with van der Waals surface area (Å²) in [5, 5.41) is 9.56. The van der Waals surface area contributed by atoms with E-state index in [1.165, 1.54) is 0 Å². The molecule has 112 valence electrons. The fourth-order valence-corrected chi connectivity index (χ4v) is 3.30. The van der Waals surface area contributed by atoms with E-state index in [4.69, 9.17) is 14.2 Å². The van der Waals surface area contributed by atoms with Gasteiger partial charge < -0.3 is 24.2 Å². The monoisotopic (exact) mass is 285 g/mol. The molecule has 3 rings (SSSR count). The van der Waals surface area contributed by atoms with Crippen molar-refractivity contribution in [2.75, 3.05) is 46.1 Å². The highest BCUT2D eigenvalue weighted by atomic mass is 16.6. The summed E-state index contributed by atoms with van der Waals surface area (Å²) in [6.45, 7) is 2.66. The SMILES string of the molecule is O=C(C1COCCO1)N1C[C@H]2COCC[C@@]2(C(=O)O)C1. The highest BCUT2D eigenvalue weighted by molar-refractivity contribution is 5.84. The van der Waals surface area contributed by atoms with Gasteiger partial charge in [-0.15, -0.1) is 0 Å². The Labute approximate surface area is 116 Å². The number of hydrogen-bond acceptors (Lipinski definition) is 5. The van der Waals surface area contributed by atoms with Crippen LogP contribution in [0.25, 0.3) is 0 Å². The summed E-state index contributed by atoms with van der Waals surface area (Å²) in [7, 11) is 0. The first-order valence-electron chi connectivity index (χ1n) is 6.93. The number of fused-ring (bicyclic) bond motifs is 1. The molecular formula is C13H19NO6. The molecule has 0 aliphatic carbocycles. The molecular weight excluding hydrogens is 266 g/mol. The largest absolute Gasteiger partial charge is 0.481 e. The lowest BCUT2D eigenvalue weighted by molar-refractivity contribution is -0.160. The Bertz CT molecular complexity index is 408. The first-order valence-corrected chi connectivity index (χ1v) is 6.93. The molecule has 0 saturated carbocycles. The van der Waals surface area contributed by atoms with Crippen LogP contribution in [-0.4, -0.2) is 74.1 Å². The van der Waals surface area contributed by atoms with E-state index in [0.29, 0.717) is 39.4 Å². The number of carboxylic acid groups (broad SMARTS) is 1. The summed E-state index contributed by atoms with van der Waals surface area (Å²) in [5.41, 5.74) is -0.858. The third kappa shape index (κ3) is 2.19. The van der Waals surface area contributed by atoms with Gasteiger partial charge in [0.1, 0.15) is 0 Å². The second kappa shape index (κ2) is 5.31. The van der Waals surface area contributed by atoms with Crippen LogP contribution in [0.3, 0.4) is 0 Å². The maximum absolute atomic E-state index is 12.4. The van der Waals surface area contributed by atoms with Crippen molar-refractivity contribution in [1.29, 1.82) is 0 Å². The van der Waals surface area contributed by atoms with E-state index in [1.54, 1.807) is 4.90 Å². The summed E-state index contributed by atoms with van der Waals surface area (Å²) in [6.07, 6.45) is -0.144. The van der Waals surface area contributed by atoms with E-state index in [2.05, 4.69) is 0 Å². The van der Waals surface area contributed by atoms with Crippen LogP contribution < -0.4 is 0 Å². The number of aliphatic carboxylic acids is 1. The third-order valence-electron chi connectivity index (χ3n) is 4.54. The van der Waals surface area contributed by atoms with Crippen LogP contribution in [0, 0.1) is 11.3 Å². The Hall–Kier alpha value is -1.18. The van der Waals surface area contributed by atoms with Crippen LogP contribution in [0.1, 0.15) is 6.42 Å². The van der Waals surface area contributed by atoms with Gasteiger partial charge in [-0.3, -0.25) is 9.59 Å². The van der Waals surface area contributed by atoms with Crippen LogP contribution >= 0.6 is 0 Å². The number of nitrogens with zero attached hydrogens (tertiary/aromatic N) is 1. The minimum Gasteiger partial charge on any atom is -0.481 e. The minimum absolute atomic E-state index is 0.137. The molecule has 3 aliphatic rings. The summed E-state index contributed by atoms with van der Waals surface area (Å²) >= 11 is 0. The van der Waals surface area contributed by atoms with Crippen LogP contribution in [-0.2, 0) is 23.8 Å². The Kier molecular flexibility index (Phi) is 3.66. The quantitative estimate of drug-likeness (QED) is 0.726. The molecule has 1 unspecified atom stereocenters. The molecule has 1 amide bonds. The zero-order valence-corrected chi connectivity index (χ0v) is 11.2. The van der Waals surface area contributed by atoms with Gasteiger partial charge in [0.2, 0.25) is 0 Å². The van der Waals surface area contributed by atoms with E-state index >= 15 is 0 Å². The van der Waals surface area contributed by atoms with Crippen molar-refractivity contribution in [3.8, 4) is 0 Å². The Morgan fingerprint density at radius 3 is 2.60 bits per heavy atom. The molecule has 7 heteroatoms. The Morgan fingerprint density at radius 2 is 1.95 bits per heavy atom. The van der Waals surface area contributed by atoms with Crippen molar-refractivity contribution >= 4 is 11.9 Å². The number of carbonyl (C=O) groups excluding carboxylic acids is 1. The molecule has 0 radical (unpaired) electrons. The van der Waals surface area contributed by atoms with Crippen LogP contribution in [0.15, 0.2) is 0 Å². The van der Waals surface area contributed by atoms with Crippen molar-refractivity contribution in [1.82, 2.24) is 4.90 Å². The van der Waals surface area contributed by atoms with Gasteiger partial charge in [0, 0.05) is 25.6 Å². The predicted octanol–water partition coefficient (Wildman–Crippen LogP) is -0.648. The number of carbonyl (C=O) groups is 2. The second-order valence-electron chi connectivity index (χ2n) is 5.64. The maximum Gasteiger partial charge on any atom is 0.311 e. The smallest absolute Gasteiger partial charge is 0.311 e. The molecule has 0 spiro atoms. The fourth-order valence-electron chi connectivity index (χ4n) is 3.30. The molecule has 3 aliphatic heterocycles. The Balaban J connectivity index is 1.73. The van der Waals surface area contributed by atoms with Gasteiger partial charge in [0.15, 0.2) is 6.10 Å². The molecule has 0 aromatic carbocycles. The average Bonchev–Trinajstić information content (AvgIpc) is 2.88. The molecule has 3 heterocycles. The normalized spacial score (nSPS) is 37.5. The van der Waals surface area contributed by atoms with Crippen molar-refractivity contribution in [2.45, 2.75) is 12.5 Å². The number of likely N-dealkylation sites (tertiary alicyclic amines) is 1. The van der Waals surface area contributed by atoms with Gasteiger partial charge in [0.25, 0.3) is 5.91 Å². The van der Waals surface area contributed by atoms with Crippen LogP contribution in [0.5, 0.6) is 0 Å². The van der Waals surface area contributed by atoms with Gasteiger partial charge in [-0.25, -0.2) is 0 Å². The second-order valence-corrected chi connectivity index (χ2v) is 5.64.